The van der Waals surface area contributed by atoms with Gasteiger partial charge in [-0.1, -0.05) is 29.3 Å². The number of aromatic amines is 1. The van der Waals surface area contributed by atoms with Crippen molar-refractivity contribution < 1.29 is 19.1 Å². The molecule has 0 saturated heterocycles. The van der Waals surface area contributed by atoms with Crippen LogP contribution in [0, 0.1) is 13.8 Å². The Morgan fingerprint density at radius 2 is 1.85 bits per heavy atom. The Kier molecular flexibility index (Phi) is 6.40. The molecule has 7 heteroatoms. The molecule has 5 nitrogen and oxygen atoms in total. The van der Waals surface area contributed by atoms with E-state index in [-0.39, 0.29) is 11.5 Å². The smallest absolute Gasteiger partial charge is 0.331 e. The van der Waals surface area contributed by atoms with Crippen LogP contribution in [0.4, 0.5) is 0 Å². The van der Waals surface area contributed by atoms with Crippen molar-refractivity contribution in [2.24, 2.45) is 0 Å². The van der Waals surface area contributed by atoms with E-state index in [0.717, 1.165) is 0 Å². The topological polar surface area (TPSA) is 76.2 Å². The lowest BCUT2D eigenvalue weighted by molar-refractivity contribution is -0.136. The summed E-state index contributed by atoms with van der Waals surface area (Å²) in [5.74, 6) is -1.21. The Hall–Kier alpha value is -2.37. The highest BCUT2D eigenvalue weighted by atomic mass is 35.5. The summed E-state index contributed by atoms with van der Waals surface area (Å²) in [5.41, 5.74) is 2.60. The molecule has 0 spiro atoms. The van der Waals surface area contributed by atoms with Crippen LogP contribution in [0.15, 0.2) is 24.3 Å². The normalized spacial score (nSPS) is 11.0. The second kappa shape index (κ2) is 8.34. The zero-order chi connectivity index (χ0) is 19.4. The number of H-pyrrole nitrogens is 1. The molecule has 0 aliphatic carbocycles. The Bertz CT molecular complexity index is 913. The molecule has 1 N–H and O–H groups in total. The lowest BCUT2D eigenvalue weighted by atomic mass is 10.1. The summed E-state index contributed by atoms with van der Waals surface area (Å²) in [6.07, 6.45) is 2.70. The van der Waals surface area contributed by atoms with E-state index < -0.39 is 18.4 Å². The number of nitrogens with one attached hydrogen (secondary N) is 1. The average Bonchev–Trinajstić information content (AvgIpc) is 2.88. The Balaban J connectivity index is 2.00. The SMILES string of the molecule is CC(=O)c1c(C)[nH]c(C(=O)COC(=O)C=Cc2ccc(Cl)c(Cl)c2)c1C. The van der Waals surface area contributed by atoms with Crippen molar-refractivity contribution in [2.75, 3.05) is 6.61 Å². The van der Waals surface area contributed by atoms with Crippen LogP contribution in [0.2, 0.25) is 10.0 Å². The van der Waals surface area contributed by atoms with E-state index in [1.807, 2.05) is 0 Å². The Labute approximate surface area is 160 Å². The molecule has 136 valence electrons. The van der Waals surface area contributed by atoms with Crippen LogP contribution in [-0.4, -0.2) is 29.1 Å². The minimum Gasteiger partial charge on any atom is -0.454 e. The monoisotopic (exact) mass is 393 g/mol. The largest absolute Gasteiger partial charge is 0.454 e. The average molecular weight is 394 g/mol. The lowest BCUT2D eigenvalue weighted by Gasteiger charge is -2.02. The predicted octanol–water partition coefficient (Wildman–Crippen LogP) is 4.58. The number of halogens is 2. The molecule has 1 aromatic heterocycles. The van der Waals surface area contributed by atoms with E-state index in [1.165, 1.54) is 19.1 Å². The summed E-state index contributed by atoms with van der Waals surface area (Å²) in [5, 5.41) is 0.787. The first-order chi connectivity index (χ1) is 12.2. The van der Waals surface area contributed by atoms with Crippen LogP contribution in [-0.2, 0) is 9.53 Å². The van der Waals surface area contributed by atoms with Gasteiger partial charge in [0.25, 0.3) is 0 Å². The highest BCUT2D eigenvalue weighted by molar-refractivity contribution is 6.42. The maximum Gasteiger partial charge on any atom is 0.331 e. The van der Waals surface area contributed by atoms with Crippen molar-refractivity contribution in [3.05, 3.63) is 62.4 Å². The zero-order valence-electron chi connectivity index (χ0n) is 14.5. The van der Waals surface area contributed by atoms with Gasteiger partial charge in [-0.3, -0.25) is 9.59 Å². The molecule has 0 bridgehead atoms. The van der Waals surface area contributed by atoms with Crippen molar-refractivity contribution in [3.63, 3.8) is 0 Å². The standard InChI is InChI=1S/C19H17Cl2NO4/c1-10-18(12(3)23)11(2)22-19(10)16(24)9-26-17(25)7-5-13-4-6-14(20)15(21)8-13/h4-8,22H,9H2,1-3H3. The van der Waals surface area contributed by atoms with E-state index in [4.69, 9.17) is 27.9 Å². The first-order valence-corrected chi connectivity index (χ1v) is 8.49. The number of hydrogen-bond donors (Lipinski definition) is 1. The fraction of sp³-hybridized carbons (Fsp3) is 0.211. The molecule has 0 aliphatic heterocycles. The zero-order valence-corrected chi connectivity index (χ0v) is 16.0. The quantitative estimate of drug-likeness (QED) is 0.442. The summed E-state index contributed by atoms with van der Waals surface area (Å²) in [7, 11) is 0. The van der Waals surface area contributed by atoms with Gasteiger partial charge in [-0.15, -0.1) is 0 Å². The molecular weight excluding hydrogens is 377 g/mol. The molecule has 0 amide bonds. The molecule has 0 atom stereocenters. The van der Waals surface area contributed by atoms with Crippen molar-refractivity contribution in [1.82, 2.24) is 4.98 Å². The van der Waals surface area contributed by atoms with Crippen LogP contribution in [0.1, 0.15) is 44.6 Å². The van der Waals surface area contributed by atoms with Gasteiger partial charge >= 0.3 is 5.97 Å². The summed E-state index contributed by atoms with van der Waals surface area (Å²) < 4.78 is 4.96. The summed E-state index contributed by atoms with van der Waals surface area (Å²) in [6.45, 7) is 4.40. The number of aryl methyl sites for hydroxylation is 1. The van der Waals surface area contributed by atoms with Crippen LogP contribution in [0.25, 0.3) is 6.08 Å². The lowest BCUT2D eigenvalue weighted by Crippen LogP contribution is -2.14. The van der Waals surface area contributed by atoms with Crippen LogP contribution >= 0.6 is 23.2 Å². The number of rotatable bonds is 6. The van der Waals surface area contributed by atoms with E-state index in [9.17, 15) is 14.4 Å². The fourth-order valence-corrected chi connectivity index (χ4v) is 2.90. The summed E-state index contributed by atoms with van der Waals surface area (Å²) in [6, 6.07) is 4.91. The van der Waals surface area contributed by atoms with Gasteiger partial charge in [-0.25, -0.2) is 4.79 Å². The molecule has 2 aromatic rings. The highest BCUT2D eigenvalue weighted by Crippen LogP contribution is 2.23. The van der Waals surface area contributed by atoms with E-state index in [0.29, 0.717) is 32.4 Å². The molecule has 0 unspecified atom stereocenters. The predicted molar refractivity (Wildman–Crippen MR) is 101 cm³/mol. The molecule has 0 fully saturated rings. The second-order valence-corrected chi connectivity index (χ2v) is 6.53. The summed E-state index contributed by atoms with van der Waals surface area (Å²) in [4.78, 5) is 38.5. The third-order valence-corrected chi connectivity index (χ3v) is 4.51. The number of aromatic nitrogens is 1. The van der Waals surface area contributed by atoms with Gasteiger partial charge < -0.3 is 9.72 Å². The van der Waals surface area contributed by atoms with Gasteiger partial charge in [-0.05, 0) is 50.1 Å². The molecule has 0 saturated carbocycles. The maximum absolute atomic E-state index is 12.2. The highest BCUT2D eigenvalue weighted by Gasteiger charge is 2.20. The second-order valence-electron chi connectivity index (χ2n) is 5.72. The van der Waals surface area contributed by atoms with E-state index in [1.54, 1.807) is 32.0 Å². The third-order valence-electron chi connectivity index (χ3n) is 3.77. The number of carbonyl (C=O) groups is 3. The molecule has 0 aliphatic rings. The van der Waals surface area contributed by atoms with Gasteiger partial charge in [0.2, 0.25) is 5.78 Å². The first-order valence-electron chi connectivity index (χ1n) is 7.74. The van der Waals surface area contributed by atoms with Gasteiger partial charge in [0.15, 0.2) is 12.4 Å². The Morgan fingerprint density at radius 1 is 1.15 bits per heavy atom. The maximum atomic E-state index is 12.2. The van der Waals surface area contributed by atoms with Crippen LogP contribution < -0.4 is 0 Å². The first kappa shape index (κ1) is 19.9. The number of hydrogen-bond acceptors (Lipinski definition) is 4. The number of benzene rings is 1. The number of ketones is 2. The van der Waals surface area contributed by atoms with Gasteiger partial charge in [0, 0.05) is 17.3 Å². The molecule has 1 aromatic carbocycles. The van der Waals surface area contributed by atoms with Gasteiger partial charge in [-0.2, -0.15) is 0 Å². The Morgan fingerprint density at radius 3 is 2.42 bits per heavy atom. The minimum atomic E-state index is -0.669. The van der Waals surface area contributed by atoms with Crippen LogP contribution in [0.3, 0.4) is 0 Å². The molecule has 2 rings (SSSR count). The van der Waals surface area contributed by atoms with E-state index >= 15 is 0 Å². The van der Waals surface area contributed by atoms with Crippen LogP contribution in [0.5, 0.6) is 0 Å². The minimum absolute atomic E-state index is 0.128. The number of Topliss-reactive ketones (excluding diaryl/α,β-unsaturated/α-hetero) is 2. The number of esters is 1. The van der Waals surface area contributed by atoms with Crippen molar-refractivity contribution in [1.29, 1.82) is 0 Å². The van der Waals surface area contributed by atoms with Crippen molar-refractivity contribution >= 4 is 46.8 Å². The van der Waals surface area contributed by atoms with Gasteiger partial charge in [0.1, 0.15) is 0 Å². The third kappa shape index (κ3) is 4.62. The molecule has 26 heavy (non-hydrogen) atoms. The molecule has 0 radical (unpaired) electrons. The molecular formula is C19H17Cl2NO4. The fourth-order valence-electron chi connectivity index (χ4n) is 2.59. The number of carbonyl (C=O) groups excluding carboxylic acids is 3. The number of ether oxygens (including phenoxy) is 1. The van der Waals surface area contributed by atoms with Gasteiger partial charge in [0.05, 0.1) is 15.7 Å². The van der Waals surface area contributed by atoms with Crippen molar-refractivity contribution in [3.8, 4) is 0 Å². The van der Waals surface area contributed by atoms with E-state index in [2.05, 4.69) is 4.98 Å². The summed E-state index contributed by atoms with van der Waals surface area (Å²) >= 11 is 11.7. The molecule has 1 heterocycles. The van der Waals surface area contributed by atoms with Crippen molar-refractivity contribution in [2.45, 2.75) is 20.8 Å².